The number of carbonyl (C=O) groups excluding carboxylic acids is 3. The second-order valence-electron chi connectivity index (χ2n) is 7.01. The Morgan fingerprint density at radius 3 is 2.37 bits per heavy atom. The molecule has 0 unspecified atom stereocenters. The van der Waals surface area contributed by atoms with Crippen molar-refractivity contribution in [3.8, 4) is 11.3 Å². The van der Waals surface area contributed by atoms with Crippen LogP contribution in [-0.2, 0) is 16.0 Å². The average molecular weight is 404 g/mol. The van der Waals surface area contributed by atoms with E-state index in [0.29, 0.717) is 29.2 Å². The number of esters is 1. The molecule has 0 fully saturated rings. The Bertz CT molecular complexity index is 1070. The largest absolute Gasteiger partial charge is 0.464 e. The van der Waals surface area contributed by atoms with Gasteiger partial charge in [0.05, 0.1) is 30.3 Å². The highest BCUT2D eigenvalue weighted by Gasteiger charge is 2.34. The number of carbonyl (C=O) groups is 3. The molecule has 0 radical (unpaired) electrons. The van der Waals surface area contributed by atoms with E-state index in [1.165, 1.54) is 0 Å². The van der Waals surface area contributed by atoms with Crippen molar-refractivity contribution in [1.82, 2.24) is 9.88 Å². The predicted octanol–water partition coefficient (Wildman–Crippen LogP) is 3.42. The molecular formula is C23H20N2O5. The molecule has 0 saturated carbocycles. The van der Waals surface area contributed by atoms with Crippen LogP contribution in [0.4, 0.5) is 0 Å². The van der Waals surface area contributed by atoms with Gasteiger partial charge in [0, 0.05) is 12.0 Å². The first kappa shape index (κ1) is 19.6. The summed E-state index contributed by atoms with van der Waals surface area (Å²) >= 11 is 0. The summed E-state index contributed by atoms with van der Waals surface area (Å²) in [6.45, 7) is 1.98. The molecule has 3 aromatic rings. The molecule has 0 bridgehead atoms. The quantitative estimate of drug-likeness (QED) is 0.443. The molecule has 0 spiro atoms. The van der Waals surface area contributed by atoms with E-state index in [9.17, 15) is 14.4 Å². The first-order valence-electron chi connectivity index (χ1n) is 9.65. The highest BCUT2D eigenvalue weighted by Crippen LogP contribution is 2.23. The van der Waals surface area contributed by atoms with Gasteiger partial charge in [0.1, 0.15) is 6.61 Å². The molecule has 1 aromatic heterocycles. The van der Waals surface area contributed by atoms with E-state index in [1.807, 2.05) is 31.2 Å². The zero-order valence-corrected chi connectivity index (χ0v) is 16.5. The smallest absolute Gasteiger partial charge is 0.306 e. The molecule has 0 N–H and O–H groups in total. The first-order valence-corrected chi connectivity index (χ1v) is 9.65. The summed E-state index contributed by atoms with van der Waals surface area (Å²) in [6.07, 6.45) is 2.03. The lowest BCUT2D eigenvalue weighted by Gasteiger charge is -2.13. The van der Waals surface area contributed by atoms with Crippen LogP contribution in [0.5, 0.6) is 0 Å². The maximum atomic E-state index is 12.3. The van der Waals surface area contributed by atoms with Crippen LogP contribution in [0, 0.1) is 6.92 Å². The molecule has 7 nitrogen and oxygen atoms in total. The fourth-order valence-corrected chi connectivity index (χ4v) is 3.25. The summed E-state index contributed by atoms with van der Waals surface area (Å²) in [6, 6.07) is 14.5. The fourth-order valence-electron chi connectivity index (χ4n) is 3.25. The van der Waals surface area contributed by atoms with Gasteiger partial charge < -0.3 is 9.15 Å². The molecule has 2 amide bonds. The summed E-state index contributed by atoms with van der Waals surface area (Å²) in [5.74, 6) is -0.0845. The molecule has 0 aliphatic carbocycles. The Morgan fingerprint density at radius 2 is 1.70 bits per heavy atom. The van der Waals surface area contributed by atoms with Gasteiger partial charge in [-0.25, -0.2) is 4.98 Å². The number of oxazole rings is 1. The van der Waals surface area contributed by atoms with Crippen molar-refractivity contribution in [2.24, 2.45) is 0 Å². The van der Waals surface area contributed by atoms with Gasteiger partial charge in [-0.2, -0.15) is 0 Å². The molecule has 2 heterocycles. The van der Waals surface area contributed by atoms with Gasteiger partial charge >= 0.3 is 5.97 Å². The lowest BCUT2D eigenvalue weighted by atomic mass is 10.1. The third-order valence-corrected chi connectivity index (χ3v) is 4.89. The average Bonchev–Trinajstić information content (AvgIpc) is 3.32. The number of hydrogen-bond donors (Lipinski definition) is 0. The van der Waals surface area contributed by atoms with E-state index >= 15 is 0 Å². The molecular weight excluding hydrogens is 384 g/mol. The number of fused-ring (bicyclic) bond motifs is 1. The van der Waals surface area contributed by atoms with Crippen LogP contribution in [-0.4, -0.2) is 40.8 Å². The standard InChI is InChI=1S/C23H20N2O5/c1-15-6-8-16(9-7-15)19-14-24-20(30-19)10-11-21(26)29-13-12-25-22(27)17-4-2-3-5-18(17)23(25)28/h2-9,14H,10-13H2,1H3. The summed E-state index contributed by atoms with van der Waals surface area (Å²) in [5, 5.41) is 0. The maximum Gasteiger partial charge on any atom is 0.306 e. The van der Waals surface area contributed by atoms with Crippen LogP contribution in [0.15, 0.2) is 59.1 Å². The van der Waals surface area contributed by atoms with Gasteiger partial charge in [-0.3, -0.25) is 19.3 Å². The van der Waals surface area contributed by atoms with Crippen molar-refractivity contribution >= 4 is 17.8 Å². The van der Waals surface area contributed by atoms with E-state index in [1.54, 1.807) is 30.5 Å². The number of amides is 2. The molecule has 4 rings (SSSR count). The van der Waals surface area contributed by atoms with Crippen LogP contribution >= 0.6 is 0 Å². The minimum atomic E-state index is -0.443. The monoisotopic (exact) mass is 404 g/mol. The van der Waals surface area contributed by atoms with Crippen LogP contribution < -0.4 is 0 Å². The van der Waals surface area contributed by atoms with E-state index in [2.05, 4.69) is 4.98 Å². The van der Waals surface area contributed by atoms with Crippen molar-refractivity contribution in [2.45, 2.75) is 19.8 Å². The number of benzene rings is 2. The summed E-state index contributed by atoms with van der Waals surface area (Å²) in [7, 11) is 0. The first-order chi connectivity index (χ1) is 14.5. The lowest BCUT2D eigenvalue weighted by molar-refractivity contribution is -0.143. The topological polar surface area (TPSA) is 89.7 Å². The maximum absolute atomic E-state index is 12.3. The lowest BCUT2D eigenvalue weighted by Crippen LogP contribution is -2.33. The van der Waals surface area contributed by atoms with Crippen molar-refractivity contribution in [2.75, 3.05) is 13.2 Å². The van der Waals surface area contributed by atoms with Crippen LogP contribution in [0.2, 0.25) is 0 Å². The zero-order valence-electron chi connectivity index (χ0n) is 16.5. The number of rotatable bonds is 7. The van der Waals surface area contributed by atoms with Crippen molar-refractivity contribution in [1.29, 1.82) is 0 Å². The second kappa shape index (κ2) is 8.32. The van der Waals surface area contributed by atoms with Gasteiger partial charge in [-0.15, -0.1) is 0 Å². The van der Waals surface area contributed by atoms with Crippen molar-refractivity contribution < 1.29 is 23.5 Å². The van der Waals surface area contributed by atoms with Gasteiger partial charge in [0.15, 0.2) is 11.7 Å². The van der Waals surface area contributed by atoms with Crippen molar-refractivity contribution in [3.63, 3.8) is 0 Å². The van der Waals surface area contributed by atoms with E-state index in [0.717, 1.165) is 16.0 Å². The Labute approximate surface area is 173 Å². The molecule has 30 heavy (non-hydrogen) atoms. The number of ether oxygens (including phenoxy) is 1. The number of hydrogen-bond acceptors (Lipinski definition) is 6. The Hall–Kier alpha value is -3.74. The van der Waals surface area contributed by atoms with Gasteiger partial charge in [0.25, 0.3) is 11.8 Å². The number of aromatic nitrogens is 1. The molecule has 7 heteroatoms. The van der Waals surface area contributed by atoms with E-state index in [4.69, 9.17) is 9.15 Å². The van der Waals surface area contributed by atoms with Crippen molar-refractivity contribution in [3.05, 3.63) is 77.3 Å². The van der Waals surface area contributed by atoms with E-state index < -0.39 is 5.97 Å². The number of aryl methyl sites for hydroxylation is 2. The predicted molar refractivity (Wildman–Crippen MR) is 108 cm³/mol. The highest BCUT2D eigenvalue weighted by molar-refractivity contribution is 6.21. The van der Waals surface area contributed by atoms with Gasteiger partial charge in [-0.1, -0.05) is 42.0 Å². The summed E-state index contributed by atoms with van der Waals surface area (Å²) in [4.78, 5) is 41.9. The van der Waals surface area contributed by atoms with E-state index in [-0.39, 0.29) is 31.4 Å². The molecule has 152 valence electrons. The second-order valence-corrected chi connectivity index (χ2v) is 7.01. The molecule has 2 aromatic carbocycles. The fraction of sp³-hybridized carbons (Fsp3) is 0.217. The molecule has 1 aliphatic heterocycles. The summed E-state index contributed by atoms with van der Waals surface area (Å²) in [5.41, 5.74) is 2.83. The molecule has 1 aliphatic rings. The SMILES string of the molecule is Cc1ccc(-c2cnc(CCC(=O)OCCN3C(=O)c4ccccc4C3=O)o2)cc1. The minimum absolute atomic E-state index is 0.0225. The zero-order chi connectivity index (χ0) is 21.1. The minimum Gasteiger partial charge on any atom is -0.464 e. The third-order valence-electron chi connectivity index (χ3n) is 4.89. The highest BCUT2D eigenvalue weighted by atomic mass is 16.5. The van der Waals surface area contributed by atoms with Crippen LogP contribution in [0.3, 0.4) is 0 Å². The number of nitrogens with zero attached hydrogens (tertiary/aromatic N) is 2. The Kier molecular flexibility index (Phi) is 5.43. The van der Waals surface area contributed by atoms with Gasteiger partial charge in [-0.05, 0) is 19.1 Å². The third kappa shape index (κ3) is 4.00. The Morgan fingerprint density at radius 1 is 1.03 bits per heavy atom. The van der Waals surface area contributed by atoms with Crippen LogP contribution in [0.25, 0.3) is 11.3 Å². The summed E-state index contributed by atoms with van der Waals surface area (Å²) < 4.78 is 10.9. The molecule has 0 atom stereocenters. The normalized spacial score (nSPS) is 12.9. The molecule has 0 saturated heterocycles. The van der Waals surface area contributed by atoms with Crippen LogP contribution in [0.1, 0.15) is 38.6 Å². The van der Waals surface area contributed by atoms with Gasteiger partial charge in [0.2, 0.25) is 0 Å². The Balaban J connectivity index is 1.24. The number of imide groups is 1.